The number of nitrogens with one attached hydrogen (secondary N) is 1. The molecule has 0 unspecified atom stereocenters. The Morgan fingerprint density at radius 3 is 2.67 bits per heavy atom. The van der Waals surface area contributed by atoms with Crippen molar-refractivity contribution in [2.75, 3.05) is 0 Å². The van der Waals surface area contributed by atoms with Gasteiger partial charge < -0.3 is 5.11 Å². The molecule has 0 heterocycles. The predicted molar refractivity (Wildman–Crippen MR) is 45.1 cm³/mol. The van der Waals surface area contributed by atoms with Crippen molar-refractivity contribution in [2.24, 2.45) is 0 Å². The number of carbonyl (C=O) groups is 1. The first-order valence-electron chi connectivity index (χ1n) is 3.08. The average Bonchev–Trinajstić information content (AvgIpc) is 2.03. The summed E-state index contributed by atoms with van der Waals surface area (Å²) in [5.74, 6) is -0.934. The van der Waals surface area contributed by atoms with Crippen molar-refractivity contribution < 1.29 is 15.1 Å². The molecule has 4 nitrogen and oxygen atoms in total. The lowest BCUT2D eigenvalue weighted by molar-refractivity contribution is 0.0702. The number of rotatable bonds is 1. The summed E-state index contributed by atoms with van der Waals surface area (Å²) < 4.78 is 0.425. The second-order valence-corrected chi connectivity index (χ2v) is 2.93. The van der Waals surface area contributed by atoms with Crippen LogP contribution in [-0.2, 0) is 0 Å². The summed E-state index contributed by atoms with van der Waals surface area (Å²) in [5, 5.41) is 17.5. The van der Waals surface area contributed by atoms with Crippen LogP contribution in [0.1, 0.15) is 10.4 Å². The smallest absolute Gasteiger partial charge is 0.279 e. The molecule has 64 valence electrons. The molecule has 1 rings (SSSR count). The Bertz CT molecular complexity index is 293. The molecule has 0 spiro atoms. The van der Waals surface area contributed by atoms with Gasteiger partial charge >= 0.3 is 0 Å². The van der Waals surface area contributed by atoms with E-state index in [0.717, 1.165) is 0 Å². The van der Waals surface area contributed by atoms with Gasteiger partial charge in [-0.15, -0.1) is 0 Å². The van der Waals surface area contributed by atoms with Crippen molar-refractivity contribution in [1.29, 1.82) is 0 Å². The standard InChI is InChI=1S/C7H6BrNO3/c8-4-2-1-3-5(10)6(4)7(11)9-12/h1-3,10,12H,(H,9,11). The minimum Gasteiger partial charge on any atom is -0.507 e. The number of phenolic OH excluding ortho intramolecular Hbond substituents is 1. The van der Waals surface area contributed by atoms with E-state index in [1.54, 1.807) is 12.1 Å². The number of amides is 1. The van der Waals surface area contributed by atoms with E-state index < -0.39 is 5.91 Å². The van der Waals surface area contributed by atoms with Crippen LogP contribution in [-0.4, -0.2) is 16.2 Å². The Morgan fingerprint density at radius 2 is 2.17 bits per heavy atom. The molecule has 0 saturated carbocycles. The van der Waals surface area contributed by atoms with Crippen LogP contribution < -0.4 is 5.48 Å². The highest BCUT2D eigenvalue weighted by atomic mass is 79.9. The molecule has 0 radical (unpaired) electrons. The fourth-order valence-electron chi connectivity index (χ4n) is 0.793. The number of hydroxylamine groups is 1. The Morgan fingerprint density at radius 1 is 1.50 bits per heavy atom. The molecule has 3 N–H and O–H groups in total. The van der Waals surface area contributed by atoms with E-state index in [0.29, 0.717) is 4.47 Å². The lowest BCUT2D eigenvalue weighted by atomic mass is 10.2. The maximum atomic E-state index is 10.9. The minimum absolute atomic E-state index is 0.0139. The lowest BCUT2D eigenvalue weighted by Gasteiger charge is -2.03. The van der Waals surface area contributed by atoms with Crippen LogP contribution in [0.25, 0.3) is 0 Å². The molecule has 1 aromatic rings. The largest absolute Gasteiger partial charge is 0.507 e. The fraction of sp³-hybridized carbons (Fsp3) is 0. The van der Waals surface area contributed by atoms with Crippen molar-refractivity contribution in [3.05, 3.63) is 28.2 Å². The summed E-state index contributed by atoms with van der Waals surface area (Å²) in [5.41, 5.74) is 1.45. The molecule has 12 heavy (non-hydrogen) atoms. The summed E-state index contributed by atoms with van der Waals surface area (Å²) in [6, 6.07) is 4.52. The summed E-state index contributed by atoms with van der Waals surface area (Å²) in [4.78, 5) is 10.9. The van der Waals surface area contributed by atoms with E-state index in [1.807, 2.05) is 0 Å². The molecule has 5 heteroatoms. The summed E-state index contributed by atoms with van der Waals surface area (Å²) in [6.45, 7) is 0. The van der Waals surface area contributed by atoms with E-state index in [9.17, 15) is 9.90 Å². The van der Waals surface area contributed by atoms with Crippen molar-refractivity contribution in [3.63, 3.8) is 0 Å². The number of hydrogen-bond acceptors (Lipinski definition) is 3. The topological polar surface area (TPSA) is 69.6 Å². The second kappa shape index (κ2) is 3.55. The Kier molecular flexibility index (Phi) is 2.67. The Labute approximate surface area is 76.9 Å². The van der Waals surface area contributed by atoms with Gasteiger partial charge in [0.25, 0.3) is 5.91 Å². The van der Waals surface area contributed by atoms with Gasteiger partial charge in [-0.25, -0.2) is 5.48 Å². The van der Waals surface area contributed by atoms with Gasteiger partial charge in [0.1, 0.15) is 5.75 Å². The zero-order chi connectivity index (χ0) is 9.14. The number of phenols is 1. The number of halogens is 1. The van der Waals surface area contributed by atoms with E-state index >= 15 is 0 Å². The van der Waals surface area contributed by atoms with Crippen molar-refractivity contribution in [1.82, 2.24) is 5.48 Å². The Hall–Kier alpha value is -1.07. The van der Waals surface area contributed by atoms with Gasteiger partial charge in [0.15, 0.2) is 0 Å². The maximum Gasteiger partial charge on any atom is 0.279 e. The molecule has 0 aliphatic carbocycles. The third kappa shape index (κ3) is 1.57. The first-order chi connectivity index (χ1) is 5.66. The molecule has 0 bridgehead atoms. The van der Waals surface area contributed by atoms with E-state index in [1.165, 1.54) is 11.5 Å². The maximum absolute atomic E-state index is 10.9. The van der Waals surface area contributed by atoms with Gasteiger partial charge in [0.05, 0.1) is 5.56 Å². The molecule has 0 aliphatic rings. The number of carbonyl (C=O) groups excluding carboxylic acids is 1. The van der Waals surface area contributed by atoms with Crippen molar-refractivity contribution >= 4 is 21.8 Å². The molecule has 0 saturated heterocycles. The molecule has 0 aliphatic heterocycles. The molecule has 1 aromatic carbocycles. The third-order valence-electron chi connectivity index (χ3n) is 1.32. The first-order valence-corrected chi connectivity index (χ1v) is 3.88. The van der Waals surface area contributed by atoms with Gasteiger partial charge in [-0.2, -0.15) is 0 Å². The highest BCUT2D eigenvalue weighted by Crippen LogP contribution is 2.24. The predicted octanol–water partition coefficient (Wildman–Crippen LogP) is 1.27. The zero-order valence-electron chi connectivity index (χ0n) is 5.91. The Balaban J connectivity index is 3.21. The number of aromatic hydroxyl groups is 1. The van der Waals surface area contributed by atoms with Gasteiger partial charge in [0.2, 0.25) is 0 Å². The van der Waals surface area contributed by atoms with Gasteiger partial charge in [-0.05, 0) is 28.1 Å². The van der Waals surface area contributed by atoms with Gasteiger partial charge in [0, 0.05) is 4.47 Å². The minimum atomic E-state index is -0.750. The SMILES string of the molecule is O=C(NO)c1c(O)cccc1Br. The van der Waals surface area contributed by atoms with Crippen LogP contribution in [0.5, 0.6) is 5.75 Å². The summed E-state index contributed by atoms with van der Waals surface area (Å²) in [7, 11) is 0. The quantitative estimate of drug-likeness (QED) is 0.504. The normalized spacial score (nSPS) is 9.50. The summed E-state index contributed by atoms with van der Waals surface area (Å²) >= 11 is 3.06. The van der Waals surface area contributed by atoms with Crippen LogP contribution >= 0.6 is 15.9 Å². The average molecular weight is 232 g/mol. The molecule has 1 amide bonds. The van der Waals surface area contributed by atoms with Gasteiger partial charge in [-0.1, -0.05) is 6.07 Å². The van der Waals surface area contributed by atoms with Gasteiger partial charge in [-0.3, -0.25) is 10.0 Å². The van der Waals surface area contributed by atoms with Crippen LogP contribution in [0, 0.1) is 0 Å². The van der Waals surface area contributed by atoms with Crippen LogP contribution in [0.3, 0.4) is 0 Å². The van der Waals surface area contributed by atoms with Crippen LogP contribution in [0.4, 0.5) is 0 Å². The van der Waals surface area contributed by atoms with Crippen LogP contribution in [0.15, 0.2) is 22.7 Å². The molecule has 0 aromatic heterocycles. The number of hydrogen-bond donors (Lipinski definition) is 3. The zero-order valence-corrected chi connectivity index (χ0v) is 7.50. The lowest BCUT2D eigenvalue weighted by Crippen LogP contribution is -2.19. The fourth-order valence-corrected chi connectivity index (χ4v) is 1.33. The molecule has 0 fully saturated rings. The van der Waals surface area contributed by atoms with E-state index in [2.05, 4.69) is 15.9 Å². The number of benzene rings is 1. The third-order valence-corrected chi connectivity index (χ3v) is 1.98. The molecule has 0 atom stereocenters. The van der Waals surface area contributed by atoms with Crippen molar-refractivity contribution in [2.45, 2.75) is 0 Å². The van der Waals surface area contributed by atoms with E-state index in [4.69, 9.17) is 5.21 Å². The van der Waals surface area contributed by atoms with E-state index in [-0.39, 0.29) is 11.3 Å². The second-order valence-electron chi connectivity index (χ2n) is 2.07. The highest BCUT2D eigenvalue weighted by Gasteiger charge is 2.13. The molecular weight excluding hydrogens is 226 g/mol. The van der Waals surface area contributed by atoms with Crippen LogP contribution in [0.2, 0.25) is 0 Å². The molecular formula is C7H6BrNO3. The highest BCUT2D eigenvalue weighted by molar-refractivity contribution is 9.10. The monoisotopic (exact) mass is 231 g/mol. The van der Waals surface area contributed by atoms with Crippen molar-refractivity contribution in [3.8, 4) is 5.75 Å². The summed E-state index contributed by atoms with van der Waals surface area (Å²) in [6.07, 6.45) is 0. The first kappa shape index (κ1) is 9.02.